The number of nitrogen functional groups attached to an aromatic ring is 2. The first-order chi connectivity index (χ1) is 12.1. The summed E-state index contributed by atoms with van der Waals surface area (Å²) in [6.45, 7) is 0. The third-order valence-corrected chi connectivity index (χ3v) is 5.91. The zero-order valence-electron chi connectivity index (χ0n) is 13.7. The molecule has 0 saturated heterocycles. The number of hydrogen-bond donors (Lipinski definition) is 3. The standard InChI is InChI=1S/C20H15BBrN3/c21-13-5-1-9-11-3-7-15(23)20-14(22)6-2-10(18(11)20)12-4-8-16(25-24)19(13)17(9)12/h1-8,25H,21,23-24H2. The number of anilines is 2. The average molecular weight is 388 g/mol. The lowest BCUT2D eigenvalue weighted by Crippen LogP contribution is -2.12. The van der Waals surface area contributed by atoms with E-state index >= 15 is 0 Å². The highest BCUT2D eigenvalue weighted by molar-refractivity contribution is 9.10. The zero-order valence-corrected chi connectivity index (χ0v) is 15.2. The van der Waals surface area contributed by atoms with E-state index in [9.17, 15) is 0 Å². The van der Waals surface area contributed by atoms with Crippen LogP contribution in [0.1, 0.15) is 0 Å². The van der Waals surface area contributed by atoms with Gasteiger partial charge in [-0.3, -0.25) is 5.84 Å². The van der Waals surface area contributed by atoms with Crippen LogP contribution in [0.15, 0.2) is 53.0 Å². The Kier molecular flexibility index (Phi) is 2.97. The molecule has 5 aromatic rings. The molecule has 0 spiro atoms. The highest BCUT2D eigenvalue weighted by atomic mass is 79.9. The van der Waals surface area contributed by atoms with Gasteiger partial charge >= 0.3 is 0 Å². The third kappa shape index (κ3) is 1.80. The van der Waals surface area contributed by atoms with Crippen molar-refractivity contribution in [3.63, 3.8) is 0 Å². The minimum Gasteiger partial charge on any atom is -0.398 e. The number of nitrogens with two attached hydrogens (primary N) is 2. The SMILES string of the molecule is Bc1ccc2c3ccc(N)c4c(Br)ccc(c5ccc(NN)c1c25)c43. The fourth-order valence-corrected chi connectivity index (χ4v) is 4.72. The van der Waals surface area contributed by atoms with E-state index in [2.05, 4.69) is 71.7 Å². The van der Waals surface area contributed by atoms with Gasteiger partial charge in [-0.2, -0.15) is 0 Å². The monoisotopic (exact) mass is 387 g/mol. The van der Waals surface area contributed by atoms with Crippen molar-refractivity contribution in [2.45, 2.75) is 0 Å². The maximum absolute atomic E-state index is 6.30. The van der Waals surface area contributed by atoms with Gasteiger partial charge in [0.25, 0.3) is 0 Å². The summed E-state index contributed by atoms with van der Waals surface area (Å²) in [4.78, 5) is 0. The Balaban J connectivity index is 2.22. The third-order valence-electron chi connectivity index (χ3n) is 5.25. The fourth-order valence-electron chi connectivity index (χ4n) is 4.16. The molecule has 5 aromatic carbocycles. The molecule has 0 aliphatic carbocycles. The second-order valence-corrected chi connectivity index (χ2v) is 7.39. The van der Waals surface area contributed by atoms with E-state index in [1.54, 1.807) is 0 Å². The minimum atomic E-state index is 0.791. The molecule has 0 aliphatic heterocycles. The Morgan fingerprint density at radius 3 is 1.96 bits per heavy atom. The van der Waals surface area contributed by atoms with E-state index in [0.717, 1.165) is 21.2 Å². The molecule has 0 unspecified atom stereocenters. The molecule has 0 radical (unpaired) electrons. The van der Waals surface area contributed by atoms with Crippen LogP contribution in [0.2, 0.25) is 0 Å². The number of nitrogens with one attached hydrogen (secondary N) is 1. The van der Waals surface area contributed by atoms with Gasteiger partial charge in [0, 0.05) is 26.3 Å². The smallest absolute Gasteiger partial charge is 0.140 e. The van der Waals surface area contributed by atoms with E-state index in [0.29, 0.717) is 0 Å². The van der Waals surface area contributed by atoms with Gasteiger partial charge < -0.3 is 11.2 Å². The first-order valence-electron chi connectivity index (χ1n) is 8.16. The molecule has 3 nitrogen and oxygen atoms in total. The lowest BCUT2D eigenvalue weighted by Gasteiger charge is -2.19. The molecule has 5 rings (SSSR count). The van der Waals surface area contributed by atoms with E-state index in [4.69, 9.17) is 11.6 Å². The molecule has 0 amide bonds. The van der Waals surface area contributed by atoms with Gasteiger partial charge in [0.2, 0.25) is 0 Å². The van der Waals surface area contributed by atoms with E-state index in [-0.39, 0.29) is 0 Å². The number of benzene rings is 5. The van der Waals surface area contributed by atoms with Crippen molar-refractivity contribution in [2.24, 2.45) is 5.84 Å². The van der Waals surface area contributed by atoms with Crippen LogP contribution in [0, 0.1) is 0 Å². The molecule has 0 heterocycles. The summed E-state index contributed by atoms with van der Waals surface area (Å²) in [5.41, 5.74) is 12.1. The molecule has 25 heavy (non-hydrogen) atoms. The Labute approximate surface area is 153 Å². The number of halogens is 1. The highest BCUT2D eigenvalue weighted by Crippen LogP contribution is 2.44. The molecule has 0 saturated carbocycles. The summed E-state index contributed by atoms with van der Waals surface area (Å²) in [6.07, 6.45) is 0. The van der Waals surface area contributed by atoms with Crippen LogP contribution in [0.3, 0.4) is 0 Å². The van der Waals surface area contributed by atoms with Crippen LogP contribution in [-0.2, 0) is 0 Å². The van der Waals surface area contributed by atoms with Gasteiger partial charge in [-0.15, -0.1) is 0 Å². The van der Waals surface area contributed by atoms with Crippen LogP contribution in [-0.4, -0.2) is 7.85 Å². The van der Waals surface area contributed by atoms with Gasteiger partial charge in [0.1, 0.15) is 7.85 Å². The molecule has 5 heteroatoms. The summed E-state index contributed by atoms with van der Waals surface area (Å²) in [5.74, 6) is 5.78. The van der Waals surface area contributed by atoms with Crippen LogP contribution in [0.5, 0.6) is 0 Å². The molecule has 0 fully saturated rings. The van der Waals surface area contributed by atoms with Crippen LogP contribution in [0.4, 0.5) is 11.4 Å². The quantitative estimate of drug-likeness (QED) is 0.103. The van der Waals surface area contributed by atoms with Crippen LogP contribution in [0.25, 0.3) is 43.1 Å². The predicted octanol–water partition coefficient (Wildman–Crippen LogP) is 3.63. The average Bonchev–Trinajstić information content (AvgIpc) is 2.62. The topological polar surface area (TPSA) is 64.1 Å². The largest absolute Gasteiger partial charge is 0.398 e. The van der Waals surface area contributed by atoms with Crippen LogP contribution < -0.4 is 22.5 Å². The van der Waals surface area contributed by atoms with Crippen molar-refractivity contribution >= 4 is 83.7 Å². The zero-order chi connectivity index (χ0) is 17.3. The van der Waals surface area contributed by atoms with Crippen molar-refractivity contribution < 1.29 is 0 Å². The Morgan fingerprint density at radius 1 is 0.720 bits per heavy atom. The van der Waals surface area contributed by atoms with Gasteiger partial charge in [0.15, 0.2) is 0 Å². The summed E-state index contributed by atoms with van der Waals surface area (Å²) >= 11 is 3.67. The fraction of sp³-hybridized carbons (Fsp3) is 0. The molecular formula is C20H15BBrN3. The highest BCUT2D eigenvalue weighted by Gasteiger charge is 2.17. The molecule has 0 aromatic heterocycles. The van der Waals surface area contributed by atoms with Gasteiger partial charge in [-0.05, 0) is 45.1 Å². The summed E-state index contributed by atoms with van der Waals surface area (Å²) in [6, 6.07) is 16.9. The second-order valence-electron chi connectivity index (χ2n) is 6.53. The molecule has 120 valence electrons. The molecule has 5 N–H and O–H groups in total. The maximum atomic E-state index is 6.30. The number of rotatable bonds is 1. The predicted molar refractivity (Wildman–Crippen MR) is 116 cm³/mol. The molecular weight excluding hydrogens is 373 g/mol. The molecule has 0 atom stereocenters. The van der Waals surface area contributed by atoms with E-state index < -0.39 is 0 Å². The van der Waals surface area contributed by atoms with Crippen molar-refractivity contribution in [3.05, 3.63) is 53.0 Å². The Morgan fingerprint density at radius 2 is 1.28 bits per heavy atom. The normalized spacial score (nSPS) is 11.9. The van der Waals surface area contributed by atoms with E-state index in [1.807, 2.05) is 6.07 Å². The summed E-state index contributed by atoms with van der Waals surface area (Å²) < 4.78 is 1.03. The maximum Gasteiger partial charge on any atom is 0.140 e. The van der Waals surface area contributed by atoms with Gasteiger partial charge in [-0.1, -0.05) is 51.7 Å². The lowest BCUT2D eigenvalue weighted by molar-refractivity contribution is 1.37. The van der Waals surface area contributed by atoms with Crippen LogP contribution >= 0.6 is 15.9 Å². The Hall–Kier alpha value is -2.50. The Bertz CT molecular complexity index is 1260. The minimum absolute atomic E-state index is 0.791. The summed E-state index contributed by atoms with van der Waals surface area (Å²) in [5, 5.41) is 9.59. The van der Waals surface area contributed by atoms with Crippen molar-refractivity contribution in [1.29, 1.82) is 0 Å². The van der Waals surface area contributed by atoms with Crippen molar-refractivity contribution in [1.82, 2.24) is 0 Å². The number of hydrazine groups is 1. The second kappa shape index (κ2) is 5.00. The first kappa shape index (κ1) is 14.8. The summed E-state index contributed by atoms with van der Waals surface area (Å²) in [7, 11) is 2.12. The molecule has 0 bridgehead atoms. The first-order valence-corrected chi connectivity index (χ1v) is 8.95. The van der Waals surface area contributed by atoms with Gasteiger partial charge in [0.05, 0.1) is 5.69 Å². The lowest BCUT2D eigenvalue weighted by atomic mass is 9.83. The number of fused-ring (bicyclic) bond motifs is 2. The number of hydrogen-bond acceptors (Lipinski definition) is 3. The van der Waals surface area contributed by atoms with Crippen molar-refractivity contribution in [3.8, 4) is 0 Å². The molecule has 0 aliphatic rings. The van der Waals surface area contributed by atoms with E-state index in [1.165, 1.54) is 43.2 Å². The van der Waals surface area contributed by atoms with Gasteiger partial charge in [-0.25, -0.2) is 0 Å². The van der Waals surface area contributed by atoms with Crippen molar-refractivity contribution in [2.75, 3.05) is 11.2 Å².